The van der Waals surface area contributed by atoms with Gasteiger partial charge in [-0.25, -0.2) is 4.79 Å². The van der Waals surface area contributed by atoms with Gasteiger partial charge in [0.15, 0.2) is 0 Å². The molecule has 10 nitrogen and oxygen atoms in total. The second-order valence-corrected chi connectivity index (χ2v) is 11.4. The molecule has 1 unspecified atom stereocenters. The monoisotopic (exact) mass is 609 g/mol. The lowest BCUT2D eigenvalue weighted by molar-refractivity contribution is -0.153. The molecule has 0 fully saturated rings. The van der Waals surface area contributed by atoms with Crippen LogP contribution in [-0.4, -0.2) is 76.7 Å². The molecule has 6 atom stereocenters. The van der Waals surface area contributed by atoms with Gasteiger partial charge in [-0.2, -0.15) is 0 Å². The summed E-state index contributed by atoms with van der Waals surface area (Å²) in [6.07, 6.45) is 2.67. The summed E-state index contributed by atoms with van der Waals surface area (Å²) in [6, 6.07) is 1.33. The summed E-state index contributed by atoms with van der Waals surface area (Å²) in [7, 11) is 1.40. The van der Waals surface area contributed by atoms with Crippen molar-refractivity contribution in [2.75, 3.05) is 13.7 Å². The Bertz CT molecular complexity index is 1090. The molecule has 1 aromatic carbocycles. The van der Waals surface area contributed by atoms with E-state index >= 15 is 0 Å². The summed E-state index contributed by atoms with van der Waals surface area (Å²) in [6.45, 7) is 8.28. The van der Waals surface area contributed by atoms with Gasteiger partial charge in [0.25, 0.3) is 0 Å². The second-order valence-electron chi connectivity index (χ2n) is 10.5. The van der Waals surface area contributed by atoms with Gasteiger partial charge in [0.05, 0.1) is 17.2 Å². The van der Waals surface area contributed by atoms with E-state index in [1.54, 1.807) is 26.0 Å². The Hall–Kier alpha value is -2.92. The fraction of sp³-hybridized carbons (Fsp3) is 0.571. The van der Waals surface area contributed by atoms with Gasteiger partial charge in [-0.3, -0.25) is 14.4 Å². The number of benzene rings is 1. The van der Waals surface area contributed by atoms with Crippen LogP contribution in [0.4, 0.5) is 0 Å². The lowest BCUT2D eigenvalue weighted by Crippen LogP contribution is -2.58. The minimum absolute atomic E-state index is 0.0133. The highest BCUT2D eigenvalue weighted by Gasteiger charge is 2.34. The first kappa shape index (κ1) is 32.3. The highest BCUT2D eigenvalue weighted by Crippen LogP contribution is 2.25. The fourth-order valence-electron chi connectivity index (χ4n) is 4.64. The number of phenols is 1. The Balaban J connectivity index is 2.44. The predicted molar refractivity (Wildman–Crippen MR) is 150 cm³/mol. The molecule has 39 heavy (non-hydrogen) atoms. The number of carbonyl (C=O) groups is 4. The number of hydrogen-bond donors (Lipinski definition) is 4. The van der Waals surface area contributed by atoms with Gasteiger partial charge in [0.1, 0.15) is 23.9 Å². The predicted octanol–water partition coefficient (Wildman–Crippen LogP) is 2.45. The smallest absolute Gasteiger partial charge is 0.328 e. The Labute approximate surface area is 238 Å². The number of cyclic esters (lactones) is 1. The molecular formula is C28H40BrN3O7. The third-order valence-electron chi connectivity index (χ3n) is 6.73. The molecule has 0 aromatic heterocycles. The van der Waals surface area contributed by atoms with Crippen molar-refractivity contribution < 1.29 is 34.1 Å². The minimum Gasteiger partial charge on any atom is -0.507 e. The van der Waals surface area contributed by atoms with Crippen molar-refractivity contribution >= 4 is 39.6 Å². The number of aromatic hydroxyl groups is 1. The summed E-state index contributed by atoms with van der Waals surface area (Å²) in [5, 5.41) is 25.1. The minimum atomic E-state index is -1.27. The van der Waals surface area contributed by atoms with Crippen LogP contribution in [0.15, 0.2) is 34.3 Å². The number of amides is 3. The van der Waals surface area contributed by atoms with Crippen LogP contribution < -0.4 is 10.6 Å². The number of aliphatic hydroxyl groups is 1. The summed E-state index contributed by atoms with van der Waals surface area (Å²) in [5.74, 6) is -2.65. The van der Waals surface area contributed by atoms with E-state index in [0.717, 1.165) is 10.5 Å². The quantitative estimate of drug-likeness (QED) is 0.304. The van der Waals surface area contributed by atoms with E-state index in [4.69, 9.17) is 4.74 Å². The van der Waals surface area contributed by atoms with Gasteiger partial charge < -0.3 is 30.5 Å². The summed E-state index contributed by atoms with van der Waals surface area (Å²) in [4.78, 5) is 53.6. The Kier molecular flexibility index (Phi) is 12.0. The number of likely N-dealkylation sites (N-methyl/N-ethyl adjacent to an activating group) is 1. The van der Waals surface area contributed by atoms with E-state index in [1.165, 1.54) is 20.0 Å². The molecule has 0 spiro atoms. The average molecular weight is 611 g/mol. The van der Waals surface area contributed by atoms with Crippen LogP contribution in [0, 0.1) is 11.8 Å². The standard InChI is InChI=1S/C28H40BrN3O7/c1-15-9-16(2)11-18(4)39-28(38)19(5)30-26(36)23(13-20-7-8-24(34)21(29)12-20)32(6)27(37)22(14-33)31-25(35)17(3)10-15/h7-9,12,16-19,22-23,33-34H,10-11,13-14H2,1-6H3,(H,30,36)(H,31,35)/b15-9+/t16-,17-,18-,19-,22?,23+/m0/s1. The van der Waals surface area contributed by atoms with Crippen molar-refractivity contribution in [2.24, 2.45) is 11.8 Å². The number of rotatable bonds is 3. The highest BCUT2D eigenvalue weighted by atomic mass is 79.9. The molecule has 2 rings (SSSR count). The number of nitrogens with one attached hydrogen (secondary N) is 2. The first-order valence-electron chi connectivity index (χ1n) is 13.1. The van der Waals surface area contributed by atoms with Crippen LogP contribution >= 0.6 is 15.9 Å². The number of aliphatic hydroxyl groups excluding tert-OH is 1. The second kappa shape index (κ2) is 14.5. The van der Waals surface area contributed by atoms with Gasteiger partial charge in [-0.1, -0.05) is 31.6 Å². The normalized spacial score (nSPS) is 29.8. The van der Waals surface area contributed by atoms with Gasteiger partial charge >= 0.3 is 5.97 Å². The van der Waals surface area contributed by atoms with E-state index < -0.39 is 60.4 Å². The van der Waals surface area contributed by atoms with E-state index in [0.29, 0.717) is 22.9 Å². The molecule has 1 aliphatic rings. The van der Waals surface area contributed by atoms with Crippen molar-refractivity contribution in [3.63, 3.8) is 0 Å². The molecule has 1 aliphatic heterocycles. The summed E-state index contributed by atoms with van der Waals surface area (Å²) < 4.78 is 5.98. The first-order valence-corrected chi connectivity index (χ1v) is 13.9. The molecule has 1 aromatic rings. The Morgan fingerprint density at radius 1 is 1.08 bits per heavy atom. The lowest BCUT2D eigenvalue weighted by atomic mass is 9.95. The maximum absolute atomic E-state index is 13.4. The number of esters is 1. The lowest BCUT2D eigenvalue weighted by Gasteiger charge is -2.31. The van der Waals surface area contributed by atoms with E-state index in [9.17, 15) is 29.4 Å². The van der Waals surface area contributed by atoms with Crippen molar-refractivity contribution in [3.05, 3.63) is 39.9 Å². The molecule has 0 radical (unpaired) electrons. The maximum Gasteiger partial charge on any atom is 0.328 e. The van der Waals surface area contributed by atoms with Gasteiger partial charge in [0, 0.05) is 19.4 Å². The van der Waals surface area contributed by atoms with Crippen LogP contribution in [0.2, 0.25) is 0 Å². The molecular weight excluding hydrogens is 570 g/mol. The number of ether oxygens (including phenoxy) is 1. The first-order chi connectivity index (χ1) is 18.2. The number of allylic oxidation sites excluding steroid dienone is 2. The summed E-state index contributed by atoms with van der Waals surface area (Å²) in [5.41, 5.74) is 1.61. The average Bonchev–Trinajstić information content (AvgIpc) is 2.85. The fourth-order valence-corrected chi connectivity index (χ4v) is 5.07. The number of carbonyl (C=O) groups excluding carboxylic acids is 4. The molecule has 11 heteroatoms. The van der Waals surface area contributed by atoms with Crippen molar-refractivity contribution in [3.8, 4) is 5.75 Å². The van der Waals surface area contributed by atoms with E-state index in [1.807, 2.05) is 19.9 Å². The van der Waals surface area contributed by atoms with Gasteiger partial charge in [-0.15, -0.1) is 0 Å². The molecule has 0 saturated heterocycles. The van der Waals surface area contributed by atoms with E-state index in [-0.39, 0.29) is 18.1 Å². The zero-order valence-corrected chi connectivity index (χ0v) is 24.9. The third-order valence-corrected chi connectivity index (χ3v) is 7.37. The number of nitrogens with zero attached hydrogens (tertiary/aromatic N) is 1. The Morgan fingerprint density at radius 2 is 1.74 bits per heavy atom. The van der Waals surface area contributed by atoms with Crippen LogP contribution in [0.25, 0.3) is 0 Å². The maximum atomic E-state index is 13.4. The van der Waals surface area contributed by atoms with Crippen LogP contribution in [0.5, 0.6) is 5.75 Å². The number of hydrogen-bond acceptors (Lipinski definition) is 7. The van der Waals surface area contributed by atoms with Crippen molar-refractivity contribution in [1.82, 2.24) is 15.5 Å². The molecule has 0 aliphatic carbocycles. The van der Waals surface area contributed by atoms with Crippen LogP contribution in [0.3, 0.4) is 0 Å². The SMILES string of the molecule is C/C1=C\[C@H](C)C[C@H](C)OC(=O)[C@H](C)NC(=O)[C@@H](Cc2ccc(O)c(Br)c2)N(C)C(=O)C(CO)NC(=O)[C@@H](C)C1. The van der Waals surface area contributed by atoms with Crippen LogP contribution in [-0.2, 0) is 30.3 Å². The molecule has 1 heterocycles. The molecule has 216 valence electrons. The van der Waals surface area contributed by atoms with Gasteiger partial charge in [0.2, 0.25) is 17.7 Å². The van der Waals surface area contributed by atoms with Crippen molar-refractivity contribution in [1.29, 1.82) is 0 Å². The van der Waals surface area contributed by atoms with Crippen molar-refractivity contribution in [2.45, 2.75) is 78.1 Å². The number of halogens is 1. The Morgan fingerprint density at radius 3 is 2.36 bits per heavy atom. The molecule has 0 saturated carbocycles. The molecule has 0 bridgehead atoms. The largest absolute Gasteiger partial charge is 0.507 e. The number of phenolic OH excluding ortho intramolecular Hbond substituents is 1. The third kappa shape index (κ3) is 9.35. The molecule has 4 N–H and O–H groups in total. The zero-order chi connectivity index (χ0) is 29.4. The van der Waals surface area contributed by atoms with E-state index in [2.05, 4.69) is 26.6 Å². The zero-order valence-electron chi connectivity index (χ0n) is 23.4. The van der Waals surface area contributed by atoms with Gasteiger partial charge in [-0.05, 0) is 73.2 Å². The molecule has 3 amide bonds. The van der Waals surface area contributed by atoms with Crippen LogP contribution in [0.1, 0.15) is 53.0 Å². The summed E-state index contributed by atoms with van der Waals surface area (Å²) >= 11 is 3.25. The highest BCUT2D eigenvalue weighted by molar-refractivity contribution is 9.10. The topological polar surface area (TPSA) is 145 Å².